The van der Waals surface area contributed by atoms with Gasteiger partial charge in [0.15, 0.2) is 0 Å². The van der Waals surface area contributed by atoms with E-state index in [2.05, 4.69) is 19.9 Å². The molecular formula is C14H8F2N4O2. The minimum Gasteiger partial charge on any atom is -0.304 e. The van der Waals surface area contributed by atoms with Crippen LogP contribution in [0, 0.1) is 11.6 Å². The van der Waals surface area contributed by atoms with Crippen molar-refractivity contribution < 1.29 is 8.78 Å². The SMILES string of the molecule is O=c1[nH]c(-c2ccccc2-c2ncc(F)c(=O)[nH]2)ncc1F. The maximum absolute atomic E-state index is 13.0. The molecule has 0 aliphatic carbocycles. The zero-order chi connectivity index (χ0) is 15.7. The van der Waals surface area contributed by atoms with Gasteiger partial charge in [0.2, 0.25) is 11.6 Å². The first-order valence-electron chi connectivity index (χ1n) is 6.15. The third-order valence-corrected chi connectivity index (χ3v) is 2.95. The monoisotopic (exact) mass is 302 g/mol. The maximum atomic E-state index is 13.0. The molecule has 6 nitrogen and oxygen atoms in total. The van der Waals surface area contributed by atoms with Crippen LogP contribution in [0.2, 0.25) is 0 Å². The van der Waals surface area contributed by atoms with Gasteiger partial charge in [0.25, 0.3) is 11.1 Å². The van der Waals surface area contributed by atoms with E-state index in [1.54, 1.807) is 24.3 Å². The first kappa shape index (κ1) is 13.8. The number of benzene rings is 1. The number of H-pyrrole nitrogens is 2. The van der Waals surface area contributed by atoms with Gasteiger partial charge in [0, 0.05) is 11.1 Å². The van der Waals surface area contributed by atoms with E-state index >= 15 is 0 Å². The predicted molar refractivity (Wildman–Crippen MR) is 74.1 cm³/mol. The average molecular weight is 302 g/mol. The molecule has 0 unspecified atom stereocenters. The van der Waals surface area contributed by atoms with Gasteiger partial charge in [-0.1, -0.05) is 24.3 Å². The minimum absolute atomic E-state index is 0.106. The molecule has 0 aliphatic rings. The zero-order valence-electron chi connectivity index (χ0n) is 10.9. The molecule has 3 aromatic rings. The van der Waals surface area contributed by atoms with Gasteiger partial charge in [0.1, 0.15) is 11.6 Å². The molecule has 22 heavy (non-hydrogen) atoms. The van der Waals surface area contributed by atoms with Gasteiger partial charge in [-0.3, -0.25) is 9.59 Å². The smallest absolute Gasteiger partial charge is 0.287 e. The van der Waals surface area contributed by atoms with Crippen LogP contribution in [0.4, 0.5) is 8.78 Å². The van der Waals surface area contributed by atoms with Gasteiger partial charge in [-0.2, -0.15) is 8.78 Å². The van der Waals surface area contributed by atoms with E-state index in [-0.39, 0.29) is 11.6 Å². The Kier molecular flexibility index (Phi) is 3.34. The van der Waals surface area contributed by atoms with Crippen molar-refractivity contribution in [3.63, 3.8) is 0 Å². The van der Waals surface area contributed by atoms with Crippen LogP contribution in [0.1, 0.15) is 0 Å². The molecule has 3 rings (SSSR count). The van der Waals surface area contributed by atoms with Crippen molar-refractivity contribution in [2.75, 3.05) is 0 Å². The van der Waals surface area contributed by atoms with Crippen LogP contribution >= 0.6 is 0 Å². The highest BCUT2D eigenvalue weighted by molar-refractivity contribution is 5.76. The zero-order valence-corrected chi connectivity index (χ0v) is 10.9. The Labute approximate surface area is 121 Å². The summed E-state index contributed by atoms with van der Waals surface area (Å²) in [6.45, 7) is 0. The molecule has 110 valence electrons. The van der Waals surface area contributed by atoms with Crippen molar-refractivity contribution in [2.24, 2.45) is 0 Å². The number of hydrogen-bond acceptors (Lipinski definition) is 4. The highest BCUT2D eigenvalue weighted by Gasteiger charge is 2.12. The van der Waals surface area contributed by atoms with Crippen LogP contribution in [0.15, 0.2) is 46.2 Å². The first-order chi connectivity index (χ1) is 10.6. The Morgan fingerprint density at radius 2 is 1.18 bits per heavy atom. The summed E-state index contributed by atoms with van der Waals surface area (Å²) in [6, 6.07) is 6.55. The number of nitrogens with zero attached hydrogens (tertiary/aromatic N) is 2. The van der Waals surface area contributed by atoms with Crippen LogP contribution in [-0.4, -0.2) is 19.9 Å². The molecule has 0 spiro atoms. The number of nitrogens with one attached hydrogen (secondary N) is 2. The second-order valence-electron chi connectivity index (χ2n) is 4.36. The van der Waals surface area contributed by atoms with E-state index in [0.717, 1.165) is 12.4 Å². The lowest BCUT2D eigenvalue weighted by Crippen LogP contribution is -2.14. The summed E-state index contributed by atoms with van der Waals surface area (Å²) in [4.78, 5) is 34.9. The molecule has 0 fully saturated rings. The molecule has 2 N–H and O–H groups in total. The van der Waals surface area contributed by atoms with Gasteiger partial charge in [0.05, 0.1) is 12.4 Å². The lowest BCUT2D eigenvalue weighted by atomic mass is 10.1. The average Bonchev–Trinajstić information content (AvgIpc) is 2.53. The van der Waals surface area contributed by atoms with Crippen molar-refractivity contribution in [1.82, 2.24) is 19.9 Å². The molecule has 0 atom stereocenters. The molecule has 0 bridgehead atoms. The normalized spacial score (nSPS) is 10.6. The Bertz CT molecular complexity index is 887. The van der Waals surface area contributed by atoms with Crippen molar-refractivity contribution in [2.45, 2.75) is 0 Å². The van der Waals surface area contributed by atoms with E-state index in [4.69, 9.17) is 0 Å². The molecule has 8 heteroatoms. The van der Waals surface area contributed by atoms with Crippen LogP contribution < -0.4 is 11.1 Å². The number of halogens is 2. The van der Waals surface area contributed by atoms with Gasteiger partial charge in [-0.15, -0.1) is 0 Å². The molecule has 2 heterocycles. The Hall–Kier alpha value is -3.16. The Balaban J connectivity index is 2.22. The van der Waals surface area contributed by atoms with Crippen molar-refractivity contribution in [3.05, 3.63) is 69.0 Å². The summed E-state index contributed by atoms with van der Waals surface area (Å²) in [5, 5.41) is 0. The van der Waals surface area contributed by atoms with Crippen LogP contribution in [0.3, 0.4) is 0 Å². The Morgan fingerprint density at radius 1 is 0.773 bits per heavy atom. The van der Waals surface area contributed by atoms with Crippen molar-refractivity contribution in [1.29, 1.82) is 0 Å². The molecule has 0 saturated carbocycles. The predicted octanol–water partition coefficient (Wildman–Crippen LogP) is 1.47. The lowest BCUT2D eigenvalue weighted by molar-refractivity contribution is 0.600. The third kappa shape index (κ3) is 2.41. The van der Waals surface area contributed by atoms with Crippen LogP contribution in [-0.2, 0) is 0 Å². The highest BCUT2D eigenvalue weighted by atomic mass is 19.1. The van der Waals surface area contributed by atoms with Crippen molar-refractivity contribution in [3.8, 4) is 22.8 Å². The molecule has 0 aliphatic heterocycles. The Morgan fingerprint density at radius 3 is 1.55 bits per heavy atom. The second kappa shape index (κ2) is 5.32. The van der Waals surface area contributed by atoms with Crippen LogP contribution in [0.5, 0.6) is 0 Å². The summed E-state index contributed by atoms with van der Waals surface area (Å²) in [5.74, 6) is -1.80. The molecule has 1 aromatic carbocycles. The summed E-state index contributed by atoms with van der Waals surface area (Å²) in [7, 11) is 0. The molecule has 2 aromatic heterocycles. The largest absolute Gasteiger partial charge is 0.304 e. The number of aromatic amines is 2. The van der Waals surface area contributed by atoms with Crippen LogP contribution in [0.25, 0.3) is 22.8 Å². The number of rotatable bonds is 2. The quantitative estimate of drug-likeness (QED) is 0.750. The number of aromatic nitrogens is 4. The summed E-state index contributed by atoms with van der Waals surface area (Å²) >= 11 is 0. The second-order valence-corrected chi connectivity index (χ2v) is 4.36. The number of hydrogen-bond donors (Lipinski definition) is 2. The van der Waals surface area contributed by atoms with E-state index in [9.17, 15) is 18.4 Å². The summed E-state index contributed by atoms with van der Waals surface area (Å²) < 4.78 is 26.1. The first-order valence-corrected chi connectivity index (χ1v) is 6.15. The fraction of sp³-hybridized carbons (Fsp3) is 0. The minimum atomic E-state index is -1.01. The molecular weight excluding hydrogens is 294 g/mol. The van der Waals surface area contributed by atoms with Gasteiger partial charge in [-0.05, 0) is 0 Å². The summed E-state index contributed by atoms with van der Waals surface area (Å²) in [5.41, 5.74) is -1.01. The standard InChI is InChI=1S/C14H8F2N4O2/c15-9-5-17-11(19-13(9)21)7-3-1-2-4-8(7)12-18-6-10(16)14(22)20-12/h1-6H,(H,17,19,21)(H,18,20,22). The lowest BCUT2D eigenvalue weighted by Gasteiger charge is -2.07. The summed E-state index contributed by atoms with van der Waals surface area (Å²) in [6.07, 6.45) is 1.59. The molecule has 0 saturated heterocycles. The van der Waals surface area contributed by atoms with Crippen molar-refractivity contribution >= 4 is 0 Å². The van der Waals surface area contributed by atoms with Gasteiger partial charge < -0.3 is 9.97 Å². The highest BCUT2D eigenvalue weighted by Crippen LogP contribution is 2.26. The fourth-order valence-electron chi connectivity index (χ4n) is 1.93. The third-order valence-electron chi connectivity index (χ3n) is 2.95. The maximum Gasteiger partial charge on any atom is 0.287 e. The molecule has 0 amide bonds. The van der Waals surface area contributed by atoms with E-state index in [1.807, 2.05) is 0 Å². The van der Waals surface area contributed by atoms with E-state index in [0.29, 0.717) is 11.1 Å². The van der Waals surface area contributed by atoms with Gasteiger partial charge >= 0.3 is 0 Å². The molecule has 0 radical (unpaired) electrons. The van der Waals surface area contributed by atoms with E-state index < -0.39 is 22.8 Å². The van der Waals surface area contributed by atoms with E-state index in [1.165, 1.54) is 0 Å². The topological polar surface area (TPSA) is 91.5 Å². The fourth-order valence-corrected chi connectivity index (χ4v) is 1.93. The van der Waals surface area contributed by atoms with Gasteiger partial charge in [-0.25, -0.2) is 9.97 Å².